The Kier molecular flexibility index (Phi) is 8.78. The second-order valence-electron chi connectivity index (χ2n) is 20.7. The second kappa shape index (κ2) is 15.1. The molecule has 2 aliphatic carbocycles. The Bertz CT molecular complexity index is 4090. The van der Waals surface area contributed by atoms with Crippen LogP contribution in [-0.4, -0.2) is 0 Å². The lowest BCUT2D eigenvalue weighted by molar-refractivity contribution is 0.660. The van der Waals surface area contributed by atoms with Crippen molar-refractivity contribution in [2.45, 2.75) is 38.5 Å². The molecule has 0 atom stereocenters. The van der Waals surface area contributed by atoms with E-state index in [4.69, 9.17) is 0 Å². The van der Waals surface area contributed by atoms with Crippen LogP contribution in [0.4, 0.5) is 0 Å². The first-order valence-corrected chi connectivity index (χ1v) is 24.8. The van der Waals surface area contributed by atoms with Crippen LogP contribution in [0.5, 0.6) is 0 Å². The highest BCUT2D eigenvalue weighted by molar-refractivity contribution is 6.23. The van der Waals surface area contributed by atoms with Gasteiger partial charge in [-0.1, -0.05) is 240 Å². The molecule has 0 aromatic heterocycles. The summed E-state index contributed by atoms with van der Waals surface area (Å²) >= 11 is 0. The van der Waals surface area contributed by atoms with E-state index in [-0.39, 0.29) is 10.8 Å². The third kappa shape index (κ3) is 5.83. The molecule has 0 saturated carbocycles. The normalized spacial score (nSPS) is 13.9. The summed E-state index contributed by atoms with van der Waals surface area (Å²) in [5, 5.41) is 10.1. The van der Waals surface area contributed by atoms with Gasteiger partial charge in [0.05, 0.1) is 0 Å². The van der Waals surface area contributed by atoms with Crippen LogP contribution in [0.15, 0.2) is 231 Å². The number of hydrogen-bond donors (Lipinski definition) is 0. The summed E-state index contributed by atoms with van der Waals surface area (Å²) in [6.07, 6.45) is 0. The number of rotatable bonds is 5. The summed E-state index contributed by atoms with van der Waals surface area (Å²) in [6, 6.07) is 86.9. The molecule has 0 heteroatoms. The van der Waals surface area contributed by atoms with Gasteiger partial charge < -0.3 is 0 Å². The molecule has 12 aromatic rings. The summed E-state index contributed by atoms with van der Waals surface area (Å²) in [7, 11) is 0. The Morgan fingerprint density at radius 1 is 0.200 bits per heavy atom. The van der Waals surface area contributed by atoms with Crippen LogP contribution in [0.3, 0.4) is 0 Å². The Morgan fingerprint density at radius 3 is 0.971 bits per heavy atom. The second-order valence-corrected chi connectivity index (χ2v) is 20.7. The zero-order valence-corrected chi connectivity index (χ0v) is 39.9. The van der Waals surface area contributed by atoms with Crippen LogP contribution in [0.2, 0.25) is 0 Å². The van der Waals surface area contributed by atoms with Crippen molar-refractivity contribution in [2.24, 2.45) is 0 Å². The number of hydrogen-bond acceptors (Lipinski definition) is 0. The highest BCUT2D eigenvalue weighted by Gasteiger charge is 2.37. The first-order chi connectivity index (χ1) is 34.3. The summed E-state index contributed by atoms with van der Waals surface area (Å²) in [4.78, 5) is 0. The molecule has 330 valence electrons. The van der Waals surface area contributed by atoms with Gasteiger partial charge >= 0.3 is 0 Å². The fraction of sp³-hybridized carbons (Fsp3) is 0.0857. The van der Waals surface area contributed by atoms with E-state index in [2.05, 4.69) is 258 Å². The molecule has 70 heavy (non-hydrogen) atoms. The SMILES string of the molecule is CC1(C)c2ccccc2-c2ccc(-c3ccc4c(-c5ccc(-c6c7ccccc7c(-c7ccccc7)c7ccccc67)cc5)c5ccccc5c(-c5ccc6c(c5)C(C)(C)c5ccccc5-6)c4c3)cc21. The highest BCUT2D eigenvalue weighted by atomic mass is 14.4. The van der Waals surface area contributed by atoms with Gasteiger partial charge in [0.15, 0.2) is 0 Å². The molecule has 0 saturated heterocycles. The maximum atomic E-state index is 2.50. The lowest BCUT2D eigenvalue weighted by Gasteiger charge is -2.23. The van der Waals surface area contributed by atoms with Gasteiger partial charge in [-0.3, -0.25) is 0 Å². The highest BCUT2D eigenvalue weighted by Crippen LogP contribution is 2.53. The van der Waals surface area contributed by atoms with Crippen molar-refractivity contribution >= 4 is 43.1 Å². The molecule has 0 radical (unpaired) electrons. The van der Waals surface area contributed by atoms with Crippen molar-refractivity contribution in [1.29, 1.82) is 0 Å². The lowest BCUT2D eigenvalue weighted by Crippen LogP contribution is -2.14. The van der Waals surface area contributed by atoms with E-state index in [0.717, 1.165) is 0 Å². The predicted molar refractivity (Wildman–Crippen MR) is 299 cm³/mol. The molecular weight excluding hydrogens is 841 g/mol. The van der Waals surface area contributed by atoms with Gasteiger partial charge in [0.1, 0.15) is 0 Å². The van der Waals surface area contributed by atoms with Crippen LogP contribution >= 0.6 is 0 Å². The molecule has 14 rings (SSSR count). The van der Waals surface area contributed by atoms with Crippen molar-refractivity contribution < 1.29 is 0 Å². The lowest BCUT2D eigenvalue weighted by atomic mass is 9.80. The third-order valence-electron chi connectivity index (χ3n) is 16.3. The van der Waals surface area contributed by atoms with Crippen molar-refractivity contribution in [3.05, 3.63) is 253 Å². The van der Waals surface area contributed by atoms with E-state index in [1.807, 2.05) is 0 Å². The molecular formula is C70H50. The van der Waals surface area contributed by atoms with E-state index < -0.39 is 0 Å². The summed E-state index contributed by atoms with van der Waals surface area (Å²) in [5.41, 5.74) is 23.2. The minimum atomic E-state index is -0.117. The third-order valence-corrected chi connectivity index (χ3v) is 16.3. The Hall–Kier alpha value is -8.32. The molecule has 0 aliphatic heterocycles. The molecule has 0 N–H and O–H groups in total. The molecule has 0 fully saturated rings. The zero-order chi connectivity index (χ0) is 46.9. The van der Waals surface area contributed by atoms with Gasteiger partial charge in [-0.15, -0.1) is 0 Å². The van der Waals surface area contributed by atoms with Crippen LogP contribution in [0.25, 0.3) is 121 Å². The van der Waals surface area contributed by atoms with Crippen LogP contribution < -0.4 is 0 Å². The van der Waals surface area contributed by atoms with Gasteiger partial charge in [0, 0.05) is 10.8 Å². The predicted octanol–water partition coefficient (Wildman–Crippen LogP) is 19.2. The Labute approximate surface area is 410 Å². The molecule has 0 amide bonds. The van der Waals surface area contributed by atoms with E-state index in [0.29, 0.717) is 0 Å². The van der Waals surface area contributed by atoms with Crippen LogP contribution in [0, 0.1) is 0 Å². The topological polar surface area (TPSA) is 0 Å². The van der Waals surface area contributed by atoms with Gasteiger partial charge in [-0.25, -0.2) is 0 Å². The average molecular weight is 891 g/mol. The Balaban J connectivity index is 0.989. The first kappa shape index (κ1) is 40.7. The standard InChI is InChI=1S/C70H50/c1-69(2)61-28-16-14-20-49(61)51-37-34-47(41-63(51)69)46-35-39-59-60(40-46)68(48-36-38-52-50-21-15-17-29-62(50)70(3,4)64(52)42-48)58-27-13-12-26-57(58)67(59)45-32-30-44(31-33-45)66-55-24-10-8-22-53(55)65(43-18-6-5-7-19-43)54-23-9-11-25-56(54)66/h5-42H,1-4H3. The van der Waals surface area contributed by atoms with E-state index in [1.54, 1.807) is 0 Å². The van der Waals surface area contributed by atoms with Crippen LogP contribution in [0.1, 0.15) is 49.9 Å². The smallest absolute Gasteiger partial charge is 0.0159 e. The van der Waals surface area contributed by atoms with Crippen molar-refractivity contribution in [3.8, 4) is 77.9 Å². The van der Waals surface area contributed by atoms with Gasteiger partial charge in [-0.2, -0.15) is 0 Å². The minimum Gasteiger partial charge on any atom is -0.0622 e. The maximum Gasteiger partial charge on any atom is 0.0159 e. The van der Waals surface area contributed by atoms with Gasteiger partial charge in [0.25, 0.3) is 0 Å². The van der Waals surface area contributed by atoms with Crippen molar-refractivity contribution in [2.75, 3.05) is 0 Å². The van der Waals surface area contributed by atoms with Gasteiger partial charge in [-0.05, 0) is 161 Å². The molecule has 0 nitrogen and oxygen atoms in total. The first-order valence-electron chi connectivity index (χ1n) is 24.8. The Morgan fingerprint density at radius 2 is 0.500 bits per heavy atom. The monoisotopic (exact) mass is 890 g/mol. The molecule has 0 unspecified atom stereocenters. The average Bonchev–Trinajstić information content (AvgIpc) is 3.78. The van der Waals surface area contributed by atoms with Crippen LogP contribution in [-0.2, 0) is 10.8 Å². The quantitative estimate of drug-likeness (QED) is 0.151. The van der Waals surface area contributed by atoms with E-state index in [1.165, 1.54) is 143 Å². The zero-order valence-electron chi connectivity index (χ0n) is 39.9. The minimum absolute atomic E-state index is 0.0865. The fourth-order valence-corrected chi connectivity index (χ4v) is 12.9. The molecule has 12 aromatic carbocycles. The molecule has 0 bridgehead atoms. The molecule has 2 aliphatic rings. The van der Waals surface area contributed by atoms with E-state index in [9.17, 15) is 0 Å². The fourth-order valence-electron chi connectivity index (χ4n) is 12.9. The van der Waals surface area contributed by atoms with E-state index >= 15 is 0 Å². The summed E-state index contributed by atoms with van der Waals surface area (Å²) < 4.78 is 0. The molecule has 0 spiro atoms. The molecule has 0 heterocycles. The van der Waals surface area contributed by atoms with Gasteiger partial charge in [0.2, 0.25) is 0 Å². The van der Waals surface area contributed by atoms with Crippen molar-refractivity contribution in [1.82, 2.24) is 0 Å². The van der Waals surface area contributed by atoms with Crippen molar-refractivity contribution in [3.63, 3.8) is 0 Å². The maximum absolute atomic E-state index is 2.50. The summed E-state index contributed by atoms with van der Waals surface area (Å²) in [6.45, 7) is 9.53. The number of fused-ring (bicyclic) bond motifs is 10. The number of benzene rings is 12. The largest absolute Gasteiger partial charge is 0.0622 e. The summed E-state index contributed by atoms with van der Waals surface area (Å²) in [5.74, 6) is 0.